The Balaban J connectivity index is 2.42. The second-order valence-electron chi connectivity index (χ2n) is 3.20. The molecule has 0 aromatic carbocycles. The molecule has 1 heterocycles. The summed E-state index contributed by atoms with van der Waals surface area (Å²) >= 11 is 0. The summed E-state index contributed by atoms with van der Waals surface area (Å²) in [5.74, 6) is 1.21. The summed E-state index contributed by atoms with van der Waals surface area (Å²) in [6.45, 7) is 6.33. The number of ether oxygens (including phenoxy) is 2. The van der Waals surface area contributed by atoms with Crippen molar-refractivity contribution in [3.63, 3.8) is 0 Å². The van der Waals surface area contributed by atoms with Crippen LogP contribution >= 0.6 is 0 Å². The SMILES string of the molecule is CC(C)C1/C=C/COCOC1. The average molecular weight is 156 g/mol. The van der Waals surface area contributed by atoms with Gasteiger partial charge in [0.15, 0.2) is 0 Å². The lowest BCUT2D eigenvalue weighted by atomic mass is 9.96. The summed E-state index contributed by atoms with van der Waals surface area (Å²) in [7, 11) is 0. The van der Waals surface area contributed by atoms with Crippen molar-refractivity contribution in [3.05, 3.63) is 12.2 Å². The average Bonchev–Trinajstić information content (AvgIpc) is 1.84. The van der Waals surface area contributed by atoms with E-state index in [1.807, 2.05) is 0 Å². The zero-order valence-corrected chi connectivity index (χ0v) is 7.25. The smallest absolute Gasteiger partial charge is 0.147 e. The van der Waals surface area contributed by atoms with Gasteiger partial charge in [-0.3, -0.25) is 0 Å². The van der Waals surface area contributed by atoms with Gasteiger partial charge in [0, 0.05) is 5.92 Å². The van der Waals surface area contributed by atoms with Crippen molar-refractivity contribution in [1.82, 2.24) is 0 Å². The Kier molecular flexibility index (Phi) is 3.60. The van der Waals surface area contributed by atoms with Crippen molar-refractivity contribution in [1.29, 1.82) is 0 Å². The van der Waals surface area contributed by atoms with E-state index in [4.69, 9.17) is 9.47 Å². The molecule has 0 radical (unpaired) electrons. The van der Waals surface area contributed by atoms with Crippen molar-refractivity contribution >= 4 is 0 Å². The molecule has 0 spiro atoms. The van der Waals surface area contributed by atoms with Crippen LogP contribution in [-0.2, 0) is 9.47 Å². The van der Waals surface area contributed by atoms with Gasteiger partial charge in [-0.25, -0.2) is 0 Å². The van der Waals surface area contributed by atoms with Crippen LogP contribution < -0.4 is 0 Å². The molecule has 1 aliphatic rings. The fourth-order valence-corrected chi connectivity index (χ4v) is 1.06. The summed E-state index contributed by atoms with van der Waals surface area (Å²) in [6.07, 6.45) is 4.26. The lowest BCUT2D eigenvalue weighted by Gasteiger charge is -2.18. The van der Waals surface area contributed by atoms with Crippen molar-refractivity contribution in [3.8, 4) is 0 Å². The first kappa shape index (κ1) is 8.75. The Labute approximate surface area is 68.2 Å². The Hall–Kier alpha value is -0.340. The Morgan fingerprint density at radius 3 is 2.91 bits per heavy atom. The highest BCUT2D eigenvalue weighted by atomic mass is 16.7. The van der Waals surface area contributed by atoms with Crippen molar-refractivity contribution in [2.75, 3.05) is 20.0 Å². The topological polar surface area (TPSA) is 18.5 Å². The van der Waals surface area contributed by atoms with Gasteiger partial charge in [-0.05, 0) is 5.92 Å². The monoisotopic (exact) mass is 156 g/mol. The highest BCUT2D eigenvalue weighted by molar-refractivity contribution is 4.90. The highest BCUT2D eigenvalue weighted by Gasteiger charge is 2.10. The molecule has 0 aromatic heterocycles. The number of hydrogen-bond donors (Lipinski definition) is 0. The normalized spacial score (nSPS) is 29.5. The van der Waals surface area contributed by atoms with Gasteiger partial charge >= 0.3 is 0 Å². The standard InChI is InChI=1S/C9H16O2/c1-8(2)9-4-3-5-10-7-11-6-9/h3-4,8-9H,5-7H2,1-2H3/b4-3+. The summed E-state index contributed by atoms with van der Waals surface area (Å²) in [6, 6.07) is 0. The first-order chi connectivity index (χ1) is 5.30. The minimum atomic E-state index is 0.438. The van der Waals surface area contributed by atoms with Gasteiger partial charge < -0.3 is 9.47 Å². The largest absolute Gasteiger partial charge is 0.355 e. The number of hydrogen-bond acceptors (Lipinski definition) is 2. The van der Waals surface area contributed by atoms with Gasteiger partial charge in [-0.1, -0.05) is 26.0 Å². The highest BCUT2D eigenvalue weighted by Crippen LogP contribution is 2.13. The minimum Gasteiger partial charge on any atom is -0.355 e. The maximum absolute atomic E-state index is 5.27. The van der Waals surface area contributed by atoms with Crippen LogP contribution in [0, 0.1) is 11.8 Å². The predicted octanol–water partition coefficient (Wildman–Crippen LogP) is 1.82. The van der Waals surface area contributed by atoms with Crippen molar-refractivity contribution in [2.45, 2.75) is 13.8 Å². The predicted molar refractivity (Wildman–Crippen MR) is 44.2 cm³/mol. The Morgan fingerprint density at radius 2 is 2.18 bits per heavy atom. The van der Waals surface area contributed by atoms with E-state index in [0.29, 0.717) is 25.2 Å². The molecule has 11 heavy (non-hydrogen) atoms. The van der Waals surface area contributed by atoms with Gasteiger partial charge in [0.2, 0.25) is 0 Å². The molecule has 64 valence electrons. The molecule has 1 aliphatic heterocycles. The summed E-state index contributed by atoms with van der Waals surface area (Å²) in [5, 5.41) is 0. The van der Waals surface area contributed by atoms with E-state index < -0.39 is 0 Å². The van der Waals surface area contributed by atoms with Gasteiger partial charge in [0.05, 0.1) is 13.2 Å². The first-order valence-electron chi connectivity index (χ1n) is 4.13. The van der Waals surface area contributed by atoms with Gasteiger partial charge in [-0.15, -0.1) is 0 Å². The van der Waals surface area contributed by atoms with E-state index >= 15 is 0 Å². The molecule has 0 N–H and O–H groups in total. The zero-order chi connectivity index (χ0) is 8.10. The molecule has 0 bridgehead atoms. The zero-order valence-electron chi connectivity index (χ0n) is 7.25. The molecule has 0 fully saturated rings. The van der Waals surface area contributed by atoms with E-state index in [1.165, 1.54) is 0 Å². The van der Waals surface area contributed by atoms with Crippen LogP contribution in [0.5, 0.6) is 0 Å². The van der Waals surface area contributed by atoms with Crippen LogP contribution in [0.1, 0.15) is 13.8 Å². The van der Waals surface area contributed by atoms with E-state index in [9.17, 15) is 0 Å². The fourth-order valence-electron chi connectivity index (χ4n) is 1.06. The lowest BCUT2D eigenvalue weighted by Crippen LogP contribution is -2.17. The Morgan fingerprint density at radius 1 is 1.36 bits per heavy atom. The third-order valence-corrected chi connectivity index (χ3v) is 1.93. The Bertz CT molecular complexity index is 130. The molecular weight excluding hydrogens is 140 g/mol. The summed E-state index contributed by atoms with van der Waals surface area (Å²) in [5.41, 5.74) is 0. The molecule has 0 amide bonds. The fraction of sp³-hybridized carbons (Fsp3) is 0.778. The second kappa shape index (κ2) is 4.52. The maximum Gasteiger partial charge on any atom is 0.147 e. The summed E-state index contributed by atoms with van der Waals surface area (Å²) in [4.78, 5) is 0. The molecule has 1 rings (SSSR count). The molecule has 1 unspecified atom stereocenters. The lowest BCUT2D eigenvalue weighted by molar-refractivity contribution is -0.0591. The van der Waals surface area contributed by atoms with Crippen LogP contribution in [0.4, 0.5) is 0 Å². The molecule has 1 atom stereocenters. The number of rotatable bonds is 1. The van der Waals surface area contributed by atoms with Crippen molar-refractivity contribution < 1.29 is 9.47 Å². The molecule has 2 heteroatoms. The van der Waals surface area contributed by atoms with Crippen molar-refractivity contribution in [2.24, 2.45) is 11.8 Å². The second-order valence-corrected chi connectivity index (χ2v) is 3.20. The van der Waals surface area contributed by atoms with Gasteiger partial charge in [-0.2, -0.15) is 0 Å². The van der Waals surface area contributed by atoms with Crippen LogP contribution in [0.3, 0.4) is 0 Å². The van der Waals surface area contributed by atoms with Gasteiger partial charge in [0.1, 0.15) is 6.79 Å². The summed E-state index contributed by atoms with van der Waals surface area (Å²) < 4.78 is 10.4. The molecule has 2 nitrogen and oxygen atoms in total. The van der Waals surface area contributed by atoms with Crippen LogP contribution in [-0.4, -0.2) is 20.0 Å². The van der Waals surface area contributed by atoms with E-state index in [-0.39, 0.29) is 0 Å². The van der Waals surface area contributed by atoms with E-state index in [0.717, 1.165) is 6.61 Å². The minimum absolute atomic E-state index is 0.438. The third-order valence-electron chi connectivity index (χ3n) is 1.93. The van der Waals surface area contributed by atoms with Crippen LogP contribution in [0.15, 0.2) is 12.2 Å². The third kappa shape index (κ3) is 3.04. The molecule has 0 aliphatic carbocycles. The van der Waals surface area contributed by atoms with E-state index in [1.54, 1.807) is 0 Å². The molecule has 0 saturated heterocycles. The molecule has 0 aromatic rings. The maximum atomic E-state index is 5.27. The van der Waals surface area contributed by atoms with E-state index in [2.05, 4.69) is 26.0 Å². The van der Waals surface area contributed by atoms with Crippen LogP contribution in [0.25, 0.3) is 0 Å². The first-order valence-corrected chi connectivity index (χ1v) is 4.13. The molecule has 0 saturated carbocycles. The van der Waals surface area contributed by atoms with Gasteiger partial charge in [0.25, 0.3) is 0 Å². The van der Waals surface area contributed by atoms with Crippen LogP contribution in [0.2, 0.25) is 0 Å². The quantitative estimate of drug-likeness (QED) is 0.539. The molecular formula is C9H16O2.